The van der Waals surface area contributed by atoms with Gasteiger partial charge in [0, 0.05) is 34.0 Å². The molecule has 1 aliphatic heterocycles. The van der Waals surface area contributed by atoms with Crippen molar-refractivity contribution in [2.24, 2.45) is 0 Å². The Morgan fingerprint density at radius 2 is 1.97 bits per heavy atom. The number of ketones is 1. The Kier molecular flexibility index (Phi) is 8.23. The maximum absolute atomic E-state index is 13.6. The third kappa shape index (κ3) is 5.28. The van der Waals surface area contributed by atoms with Crippen LogP contribution in [-0.2, 0) is 14.3 Å². The Labute approximate surface area is 214 Å². The van der Waals surface area contributed by atoms with Crippen LogP contribution >= 0.6 is 23.1 Å². The van der Waals surface area contributed by atoms with Crippen LogP contribution in [-0.4, -0.2) is 44.1 Å². The fourth-order valence-corrected chi connectivity index (χ4v) is 6.14. The average molecular weight is 514 g/mol. The molecule has 1 aliphatic carbocycles. The lowest BCUT2D eigenvalue weighted by Crippen LogP contribution is -2.36. The lowest BCUT2D eigenvalue weighted by atomic mass is 9.73. The Bertz CT molecular complexity index is 1150. The van der Waals surface area contributed by atoms with E-state index in [1.807, 2.05) is 42.6 Å². The molecule has 0 saturated carbocycles. The van der Waals surface area contributed by atoms with E-state index in [9.17, 15) is 9.59 Å². The minimum absolute atomic E-state index is 0.00455. The number of carbonyl (C=O) groups is 2. The number of Topliss-reactive ketones (excluding diaryl/α,β-unsaturated/α-hetero) is 1. The highest BCUT2D eigenvalue weighted by molar-refractivity contribution is 7.99. The maximum Gasteiger partial charge on any atom is 0.336 e. The summed E-state index contributed by atoms with van der Waals surface area (Å²) in [5, 5.41) is 5.38. The van der Waals surface area contributed by atoms with E-state index in [1.165, 1.54) is 0 Å². The maximum atomic E-state index is 13.6. The van der Waals surface area contributed by atoms with Crippen molar-refractivity contribution in [3.05, 3.63) is 68.7 Å². The summed E-state index contributed by atoms with van der Waals surface area (Å²) < 4.78 is 16.5. The molecular weight excluding hydrogens is 482 g/mol. The lowest BCUT2D eigenvalue weighted by Gasteiger charge is -2.36. The molecule has 0 saturated heterocycles. The average Bonchev–Trinajstić information content (AvgIpc) is 3.39. The molecule has 1 aromatic heterocycles. The zero-order valence-electron chi connectivity index (χ0n) is 20.5. The SMILES string of the molecule is CCSCCOC(=O)C1=C(C)NC2=C(C(=O)CC(c3ccc(OC)c(OC)c3)C2)C1c1cccs1. The van der Waals surface area contributed by atoms with Gasteiger partial charge in [-0.25, -0.2) is 4.79 Å². The number of benzene rings is 1. The molecule has 2 aromatic rings. The Morgan fingerprint density at radius 1 is 1.17 bits per heavy atom. The van der Waals surface area contributed by atoms with E-state index in [4.69, 9.17) is 14.2 Å². The fourth-order valence-electron chi connectivity index (χ4n) is 4.81. The number of allylic oxidation sites excluding steroid dienone is 3. The van der Waals surface area contributed by atoms with E-state index in [-0.39, 0.29) is 17.7 Å². The molecule has 1 N–H and O–H groups in total. The molecule has 1 aromatic carbocycles. The van der Waals surface area contributed by atoms with Gasteiger partial charge < -0.3 is 19.5 Å². The number of methoxy groups -OCH3 is 2. The van der Waals surface area contributed by atoms with E-state index < -0.39 is 5.92 Å². The number of thiophene rings is 1. The normalized spacial score (nSPS) is 19.8. The summed E-state index contributed by atoms with van der Waals surface area (Å²) in [5.41, 5.74) is 3.87. The van der Waals surface area contributed by atoms with E-state index in [2.05, 4.69) is 12.2 Å². The number of thioether (sulfide) groups is 1. The van der Waals surface area contributed by atoms with Crippen LogP contribution < -0.4 is 14.8 Å². The quantitative estimate of drug-likeness (QED) is 0.354. The van der Waals surface area contributed by atoms with Crippen molar-refractivity contribution in [2.75, 3.05) is 32.3 Å². The fraction of sp³-hybridized carbons (Fsp3) is 0.407. The van der Waals surface area contributed by atoms with E-state index in [0.29, 0.717) is 42.1 Å². The Hall–Kier alpha value is -2.71. The molecule has 4 rings (SSSR count). The second-order valence-corrected chi connectivity index (χ2v) is 10.9. The van der Waals surface area contributed by atoms with Gasteiger partial charge in [-0.1, -0.05) is 19.1 Å². The number of nitrogens with one attached hydrogen (secondary N) is 1. The monoisotopic (exact) mass is 513 g/mol. The van der Waals surface area contributed by atoms with Crippen LogP contribution in [0.4, 0.5) is 0 Å². The number of carbonyl (C=O) groups excluding carboxylic acids is 2. The number of dihydropyridines is 1. The molecular formula is C27H31NO5S2. The van der Waals surface area contributed by atoms with Crippen molar-refractivity contribution in [1.29, 1.82) is 0 Å². The summed E-state index contributed by atoms with van der Waals surface area (Å²) >= 11 is 3.29. The first kappa shape index (κ1) is 25.4. The highest BCUT2D eigenvalue weighted by atomic mass is 32.2. The molecule has 2 heterocycles. The predicted molar refractivity (Wildman–Crippen MR) is 140 cm³/mol. The van der Waals surface area contributed by atoms with E-state index >= 15 is 0 Å². The molecule has 2 atom stereocenters. The van der Waals surface area contributed by atoms with Gasteiger partial charge in [-0.05, 0) is 54.2 Å². The molecule has 8 heteroatoms. The first-order valence-corrected chi connectivity index (χ1v) is 13.8. The van der Waals surface area contributed by atoms with Gasteiger partial charge in [0.15, 0.2) is 17.3 Å². The largest absolute Gasteiger partial charge is 0.493 e. The summed E-state index contributed by atoms with van der Waals surface area (Å²) in [6, 6.07) is 9.76. The Morgan fingerprint density at radius 3 is 2.66 bits per heavy atom. The van der Waals surface area contributed by atoms with Crippen LogP contribution in [0, 0.1) is 0 Å². The van der Waals surface area contributed by atoms with Gasteiger partial charge in [-0.15, -0.1) is 11.3 Å². The molecule has 0 spiro atoms. The first-order chi connectivity index (χ1) is 17.0. The van der Waals surface area contributed by atoms with Crippen LogP contribution in [0.5, 0.6) is 11.5 Å². The molecule has 0 fully saturated rings. The summed E-state index contributed by atoms with van der Waals surface area (Å²) in [5.74, 6) is 2.33. The molecule has 2 unspecified atom stereocenters. The summed E-state index contributed by atoms with van der Waals surface area (Å²) in [6.07, 6.45) is 1.04. The summed E-state index contributed by atoms with van der Waals surface area (Å²) in [7, 11) is 3.22. The van der Waals surface area contributed by atoms with Crippen LogP contribution in [0.15, 0.2) is 58.3 Å². The van der Waals surface area contributed by atoms with Gasteiger partial charge >= 0.3 is 5.97 Å². The van der Waals surface area contributed by atoms with Crippen molar-refractivity contribution < 1.29 is 23.8 Å². The minimum Gasteiger partial charge on any atom is -0.493 e. The minimum atomic E-state index is -0.406. The van der Waals surface area contributed by atoms with Gasteiger partial charge in [-0.2, -0.15) is 11.8 Å². The standard InChI is InChI=1S/C27H31NO5S2/c1-5-34-12-10-33-27(30)24-16(2)28-19-13-18(17-8-9-21(31-3)22(15-17)32-4)14-20(29)25(19)26(24)23-7-6-11-35-23/h6-9,11,15,18,26,28H,5,10,12-14H2,1-4H3. The van der Waals surface area contributed by atoms with Crippen molar-refractivity contribution in [2.45, 2.75) is 38.5 Å². The van der Waals surface area contributed by atoms with Gasteiger partial charge in [0.05, 0.1) is 25.7 Å². The zero-order valence-corrected chi connectivity index (χ0v) is 22.1. The molecule has 35 heavy (non-hydrogen) atoms. The van der Waals surface area contributed by atoms with Crippen molar-refractivity contribution in [3.8, 4) is 11.5 Å². The summed E-state index contributed by atoms with van der Waals surface area (Å²) in [6.45, 7) is 4.33. The van der Waals surface area contributed by atoms with Crippen molar-refractivity contribution in [3.63, 3.8) is 0 Å². The third-order valence-electron chi connectivity index (χ3n) is 6.42. The number of hydrogen-bond donors (Lipinski definition) is 1. The smallest absolute Gasteiger partial charge is 0.336 e. The summed E-state index contributed by atoms with van der Waals surface area (Å²) in [4.78, 5) is 27.8. The Balaban J connectivity index is 1.66. The lowest BCUT2D eigenvalue weighted by molar-refractivity contribution is -0.138. The highest BCUT2D eigenvalue weighted by Gasteiger charge is 2.42. The second-order valence-electron chi connectivity index (χ2n) is 8.48. The van der Waals surface area contributed by atoms with Gasteiger partial charge in [0.25, 0.3) is 0 Å². The number of rotatable bonds is 9. The zero-order chi connectivity index (χ0) is 24.9. The molecule has 2 aliphatic rings. The second kappa shape index (κ2) is 11.4. The topological polar surface area (TPSA) is 73.9 Å². The van der Waals surface area contributed by atoms with Gasteiger partial charge in [0.1, 0.15) is 6.61 Å². The molecule has 6 nitrogen and oxygen atoms in total. The molecule has 186 valence electrons. The molecule has 0 radical (unpaired) electrons. The molecule has 0 bridgehead atoms. The van der Waals surface area contributed by atoms with E-state index in [0.717, 1.165) is 33.3 Å². The van der Waals surface area contributed by atoms with Crippen LogP contribution in [0.2, 0.25) is 0 Å². The van der Waals surface area contributed by atoms with Gasteiger partial charge in [-0.3, -0.25) is 4.79 Å². The van der Waals surface area contributed by atoms with Crippen molar-refractivity contribution in [1.82, 2.24) is 5.32 Å². The number of ether oxygens (including phenoxy) is 3. The van der Waals surface area contributed by atoms with Crippen molar-refractivity contribution >= 4 is 34.9 Å². The highest BCUT2D eigenvalue weighted by Crippen LogP contribution is 2.47. The first-order valence-electron chi connectivity index (χ1n) is 11.7. The van der Waals surface area contributed by atoms with E-state index in [1.54, 1.807) is 37.3 Å². The van der Waals surface area contributed by atoms with Gasteiger partial charge in [0.2, 0.25) is 0 Å². The molecule has 0 amide bonds. The predicted octanol–water partition coefficient (Wildman–Crippen LogP) is 5.42. The number of esters is 1. The number of hydrogen-bond acceptors (Lipinski definition) is 8. The third-order valence-corrected chi connectivity index (χ3v) is 8.22. The van der Waals surface area contributed by atoms with Crippen LogP contribution in [0.1, 0.15) is 49.0 Å². The van der Waals surface area contributed by atoms with Crippen LogP contribution in [0.25, 0.3) is 0 Å². The van der Waals surface area contributed by atoms with Crippen LogP contribution in [0.3, 0.4) is 0 Å².